The Morgan fingerprint density at radius 1 is 1.00 bits per heavy atom. The number of carbonyl (C=O) groups excluding carboxylic acids is 1. The van der Waals surface area contributed by atoms with E-state index >= 15 is 0 Å². The molecule has 0 aliphatic carbocycles. The minimum atomic E-state index is -0.628. The van der Waals surface area contributed by atoms with Gasteiger partial charge in [0.2, 0.25) is 0 Å². The average Bonchev–Trinajstić information content (AvgIpc) is 2.24. The summed E-state index contributed by atoms with van der Waals surface area (Å²) in [7, 11) is 0. The quantitative estimate of drug-likeness (QED) is 0.396. The van der Waals surface area contributed by atoms with Crippen LogP contribution in [0, 0.1) is 5.41 Å². The van der Waals surface area contributed by atoms with Crippen LogP contribution < -0.4 is 0 Å². The van der Waals surface area contributed by atoms with Gasteiger partial charge in [-0.15, -0.1) is 0 Å². The van der Waals surface area contributed by atoms with E-state index in [2.05, 4.69) is 20.8 Å². The third kappa shape index (κ3) is 12.2. The maximum atomic E-state index is 11.4. The molecule has 114 valence electrons. The molecule has 0 atom stereocenters. The summed E-state index contributed by atoms with van der Waals surface area (Å²) in [5, 5.41) is 8.81. The van der Waals surface area contributed by atoms with Crippen molar-refractivity contribution in [2.24, 2.45) is 5.41 Å². The van der Waals surface area contributed by atoms with E-state index in [0.717, 1.165) is 19.3 Å². The number of aliphatic hydroxyl groups excluding tert-OH is 1. The largest absolute Gasteiger partial charge is 0.396 e. The van der Waals surface area contributed by atoms with E-state index in [9.17, 15) is 4.79 Å². The van der Waals surface area contributed by atoms with Gasteiger partial charge in [0, 0.05) is 19.4 Å². The summed E-state index contributed by atoms with van der Waals surface area (Å²) in [5.74, 6) is -0.332. The lowest BCUT2D eigenvalue weighted by Crippen LogP contribution is -2.27. The summed E-state index contributed by atoms with van der Waals surface area (Å²) in [6, 6.07) is 0. The standard InChI is InChI=1S/C15H30O4/c1-14(2,3)10-8-6-7-9-13(17)18-19-15(4,5)11-12-16/h16H,6-12H2,1-5H3. The van der Waals surface area contributed by atoms with E-state index in [1.165, 1.54) is 6.42 Å². The van der Waals surface area contributed by atoms with Gasteiger partial charge < -0.3 is 5.11 Å². The Morgan fingerprint density at radius 2 is 1.63 bits per heavy atom. The van der Waals surface area contributed by atoms with Crippen LogP contribution in [0.2, 0.25) is 0 Å². The maximum Gasteiger partial charge on any atom is 0.342 e. The first-order valence-electron chi connectivity index (χ1n) is 7.16. The zero-order valence-electron chi connectivity index (χ0n) is 13.1. The Morgan fingerprint density at radius 3 is 2.16 bits per heavy atom. The highest BCUT2D eigenvalue weighted by Gasteiger charge is 2.21. The monoisotopic (exact) mass is 274 g/mol. The van der Waals surface area contributed by atoms with Crippen LogP contribution in [-0.4, -0.2) is 23.3 Å². The molecule has 0 spiro atoms. The van der Waals surface area contributed by atoms with Gasteiger partial charge in [0.1, 0.15) is 5.60 Å². The lowest BCUT2D eigenvalue weighted by atomic mass is 9.89. The number of rotatable bonds is 9. The van der Waals surface area contributed by atoms with E-state index in [4.69, 9.17) is 14.9 Å². The maximum absolute atomic E-state index is 11.4. The summed E-state index contributed by atoms with van der Waals surface area (Å²) in [5.41, 5.74) is -0.269. The zero-order chi connectivity index (χ0) is 14.9. The molecule has 0 amide bonds. The van der Waals surface area contributed by atoms with Crippen LogP contribution in [0.25, 0.3) is 0 Å². The van der Waals surface area contributed by atoms with Gasteiger partial charge in [-0.05, 0) is 32.1 Å². The second-order valence-corrected chi connectivity index (χ2v) is 6.89. The van der Waals surface area contributed by atoms with E-state index in [0.29, 0.717) is 18.3 Å². The van der Waals surface area contributed by atoms with Crippen LogP contribution in [0.1, 0.15) is 73.1 Å². The third-order valence-electron chi connectivity index (χ3n) is 2.88. The Hall–Kier alpha value is -0.610. The zero-order valence-corrected chi connectivity index (χ0v) is 13.1. The molecule has 0 fully saturated rings. The van der Waals surface area contributed by atoms with Crippen molar-refractivity contribution in [1.29, 1.82) is 0 Å². The van der Waals surface area contributed by atoms with Crippen LogP contribution in [0.15, 0.2) is 0 Å². The number of aliphatic hydroxyl groups is 1. The van der Waals surface area contributed by atoms with E-state index in [1.54, 1.807) is 13.8 Å². The fourth-order valence-electron chi connectivity index (χ4n) is 1.61. The molecule has 0 radical (unpaired) electrons. The summed E-state index contributed by atoms with van der Waals surface area (Å²) in [6.07, 6.45) is 4.99. The summed E-state index contributed by atoms with van der Waals surface area (Å²) < 4.78 is 0. The molecular weight excluding hydrogens is 244 g/mol. The average molecular weight is 274 g/mol. The van der Waals surface area contributed by atoms with Gasteiger partial charge in [0.05, 0.1) is 0 Å². The lowest BCUT2D eigenvalue weighted by molar-refractivity contribution is -0.327. The molecule has 0 rings (SSSR count). The van der Waals surface area contributed by atoms with Crippen molar-refractivity contribution in [3.05, 3.63) is 0 Å². The molecule has 0 aromatic heterocycles. The Kier molecular flexibility index (Phi) is 8.26. The van der Waals surface area contributed by atoms with Gasteiger partial charge in [-0.25, -0.2) is 4.79 Å². The van der Waals surface area contributed by atoms with Crippen molar-refractivity contribution < 1.29 is 19.7 Å². The highest BCUT2D eigenvalue weighted by atomic mass is 17.2. The summed E-state index contributed by atoms with van der Waals surface area (Å²) in [6.45, 7) is 10.2. The predicted octanol–water partition coefficient (Wildman–Crippen LogP) is 3.62. The molecule has 0 saturated carbocycles. The molecule has 0 heterocycles. The molecule has 4 heteroatoms. The molecule has 1 N–H and O–H groups in total. The smallest absolute Gasteiger partial charge is 0.342 e. The first-order valence-corrected chi connectivity index (χ1v) is 7.16. The van der Waals surface area contributed by atoms with Gasteiger partial charge in [-0.2, -0.15) is 4.89 Å². The third-order valence-corrected chi connectivity index (χ3v) is 2.88. The first-order chi connectivity index (χ1) is 8.66. The first kappa shape index (κ1) is 18.4. The number of carbonyl (C=O) groups is 1. The van der Waals surface area contributed by atoms with Crippen LogP contribution in [0.4, 0.5) is 0 Å². The van der Waals surface area contributed by atoms with Crippen LogP contribution in [0.3, 0.4) is 0 Å². The van der Waals surface area contributed by atoms with Crippen molar-refractivity contribution in [2.45, 2.75) is 78.7 Å². The molecule has 0 aromatic rings. The molecule has 19 heavy (non-hydrogen) atoms. The van der Waals surface area contributed by atoms with Gasteiger partial charge in [-0.3, -0.25) is 4.89 Å². The van der Waals surface area contributed by atoms with Crippen LogP contribution >= 0.6 is 0 Å². The fraction of sp³-hybridized carbons (Fsp3) is 0.933. The van der Waals surface area contributed by atoms with E-state index in [1.807, 2.05) is 0 Å². The van der Waals surface area contributed by atoms with Gasteiger partial charge in [-0.1, -0.05) is 33.6 Å². The lowest BCUT2D eigenvalue weighted by Gasteiger charge is -2.21. The van der Waals surface area contributed by atoms with Crippen LogP contribution in [-0.2, 0) is 14.6 Å². The number of hydrogen-bond acceptors (Lipinski definition) is 4. The molecule has 4 nitrogen and oxygen atoms in total. The van der Waals surface area contributed by atoms with E-state index in [-0.39, 0.29) is 12.6 Å². The molecule has 0 saturated heterocycles. The van der Waals surface area contributed by atoms with Crippen molar-refractivity contribution in [2.75, 3.05) is 6.61 Å². The van der Waals surface area contributed by atoms with Crippen molar-refractivity contribution >= 4 is 5.97 Å². The van der Waals surface area contributed by atoms with Crippen LogP contribution in [0.5, 0.6) is 0 Å². The number of unbranched alkanes of at least 4 members (excludes halogenated alkanes) is 2. The Balaban J connectivity index is 3.60. The van der Waals surface area contributed by atoms with Gasteiger partial charge in [0.25, 0.3) is 0 Å². The molecule has 0 aliphatic rings. The minimum absolute atomic E-state index is 0.0113. The van der Waals surface area contributed by atoms with E-state index < -0.39 is 5.60 Å². The van der Waals surface area contributed by atoms with Crippen molar-refractivity contribution in [3.8, 4) is 0 Å². The summed E-state index contributed by atoms with van der Waals surface area (Å²) in [4.78, 5) is 21.2. The normalized spacial score (nSPS) is 12.5. The highest BCUT2D eigenvalue weighted by molar-refractivity contribution is 5.68. The Labute approximate surface area is 117 Å². The van der Waals surface area contributed by atoms with Gasteiger partial charge in [0.15, 0.2) is 0 Å². The number of hydrogen-bond donors (Lipinski definition) is 1. The topological polar surface area (TPSA) is 55.8 Å². The molecule has 0 unspecified atom stereocenters. The fourth-order valence-corrected chi connectivity index (χ4v) is 1.61. The SMILES string of the molecule is CC(C)(C)CCCCCC(=O)OOC(C)(C)CCO. The second-order valence-electron chi connectivity index (χ2n) is 6.89. The van der Waals surface area contributed by atoms with Gasteiger partial charge >= 0.3 is 5.97 Å². The Bertz CT molecular complexity index is 253. The molecule has 0 bridgehead atoms. The summed E-state index contributed by atoms with van der Waals surface area (Å²) >= 11 is 0. The second kappa shape index (κ2) is 8.54. The molecule has 0 aliphatic heterocycles. The predicted molar refractivity (Wildman–Crippen MR) is 75.5 cm³/mol. The molecular formula is C15H30O4. The molecule has 0 aromatic carbocycles. The van der Waals surface area contributed by atoms with Crippen molar-refractivity contribution in [1.82, 2.24) is 0 Å². The minimum Gasteiger partial charge on any atom is -0.396 e. The highest BCUT2D eigenvalue weighted by Crippen LogP contribution is 2.22. The van der Waals surface area contributed by atoms with Crippen molar-refractivity contribution in [3.63, 3.8) is 0 Å².